The van der Waals surface area contributed by atoms with Gasteiger partial charge in [0.2, 0.25) is 5.89 Å². The molecule has 3 heterocycles. The zero-order valence-corrected chi connectivity index (χ0v) is 21.5. The van der Waals surface area contributed by atoms with Gasteiger partial charge in [0.05, 0.1) is 6.42 Å². The minimum Gasteiger partial charge on any atom is -0.386 e. The molecule has 0 bridgehead atoms. The second-order valence-electron chi connectivity index (χ2n) is 8.94. The van der Waals surface area contributed by atoms with Crippen molar-refractivity contribution in [1.82, 2.24) is 15.1 Å². The highest BCUT2D eigenvalue weighted by Crippen LogP contribution is 2.28. The number of fused-ring (bicyclic) bond motifs is 1. The zero-order valence-electron chi connectivity index (χ0n) is 20.7. The summed E-state index contributed by atoms with van der Waals surface area (Å²) in [5, 5.41) is 7.33. The molecule has 38 heavy (non-hydrogen) atoms. The van der Waals surface area contributed by atoms with Crippen LogP contribution in [0.2, 0.25) is 0 Å². The number of carbonyl (C=O) groups is 2. The molecule has 1 aliphatic heterocycles. The molecule has 1 atom stereocenters. The number of hydrogen-bond acceptors (Lipinski definition) is 9. The van der Waals surface area contributed by atoms with E-state index >= 15 is 0 Å². The fourth-order valence-electron chi connectivity index (χ4n) is 4.21. The Hall–Kier alpha value is -3.41. The number of aryl methyl sites for hydroxylation is 3. The lowest BCUT2D eigenvalue weighted by atomic mass is 9.92. The van der Waals surface area contributed by atoms with E-state index < -0.39 is 30.5 Å². The van der Waals surface area contributed by atoms with E-state index in [4.69, 9.17) is 4.52 Å². The molecule has 0 radical (unpaired) electrons. The molecule has 3 aromatic rings. The molecular weight excluding hydrogens is 521 g/mol. The van der Waals surface area contributed by atoms with Gasteiger partial charge in [-0.15, -0.1) is 11.8 Å². The summed E-state index contributed by atoms with van der Waals surface area (Å²) in [5.74, 6) is -2.77. The molecule has 1 N–H and O–H groups in total. The van der Waals surface area contributed by atoms with Crippen LogP contribution in [0.5, 0.6) is 0 Å². The Labute approximate surface area is 221 Å². The molecule has 0 aliphatic carbocycles. The highest BCUT2D eigenvalue weighted by atomic mass is 32.2. The molecule has 8 nitrogen and oxygen atoms in total. The number of esters is 2. The van der Waals surface area contributed by atoms with Gasteiger partial charge in [0.1, 0.15) is 5.82 Å². The number of rotatable bonds is 10. The van der Waals surface area contributed by atoms with Crippen LogP contribution in [0.4, 0.5) is 19.0 Å². The minimum absolute atomic E-state index is 0.0962. The molecule has 0 spiro atoms. The average molecular weight is 549 g/mol. The maximum absolute atomic E-state index is 12.5. The third-order valence-electron chi connectivity index (χ3n) is 6.15. The van der Waals surface area contributed by atoms with Crippen molar-refractivity contribution in [3.8, 4) is 0 Å². The number of ether oxygens (including phenoxy) is 1. The van der Waals surface area contributed by atoms with E-state index in [0.717, 1.165) is 48.6 Å². The van der Waals surface area contributed by atoms with E-state index in [0.29, 0.717) is 17.8 Å². The fraction of sp³-hybridized carbons (Fsp3) is 0.423. The smallest absolute Gasteiger partial charge is 0.386 e. The Morgan fingerprint density at radius 2 is 1.92 bits per heavy atom. The standard InChI is InChI=1S/C26H27F3N4O4S/c1-38-20-11-8-16(9-12-20)18(15-23(34)36-25(35)26(27,28)29)14-22-32-21(33-37-22)6-2-5-19-10-7-17-4-3-13-30-24(17)31-19/h7-12,18H,2-6,13-15H2,1H3,(H,30,31). The highest BCUT2D eigenvalue weighted by molar-refractivity contribution is 7.98. The van der Waals surface area contributed by atoms with Crippen LogP contribution in [0.3, 0.4) is 0 Å². The molecular formula is C26H27F3N4O4S. The largest absolute Gasteiger partial charge is 0.491 e. The van der Waals surface area contributed by atoms with Crippen LogP contribution in [0.1, 0.15) is 53.7 Å². The van der Waals surface area contributed by atoms with Gasteiger partial charge in [-0.05, 0) is 61.3 Å². The minimum atomic E-state index is -5.25. The predicted octanol–water partition coefficient (Wildman–Crippen LogP) is 5.07. The zero-order chi connectivity index (χ0) is 27.1. The van der Waals surface area contributed by atoms with Crippen LogP contribution in [0.25, 0.3) is 0 Å². The van der Waals surface area contributed by atoms with E-state index in [1.165, 1.54) is 17.3 Å². The number of benzene rings is 1. The van der Waals surface area contributed by atoms with Gasteiger partial charge in [-0.25, -0.2) is 9.78 Å². The first-order valence-electron chi connectivity index (χ1n) is 12.2. The van der Waals surface area contributed by atoms with Crippen molar-refractivity contribution in [2.24, 2.45) is 0 Å². The Kier molecular flexibility index (Phi) is 9.03. The number of pyridine rings is 1. The molecule has 0 amide bonds. The second-order valence-corrected chi connectivity index (χ2v) is 9.82. The molecule has 0 fully saturated rings. The molecule has 12 heteroatoms. The van der Waals surface area contributed by atoms with E-state index in [9.17, 15) is 22.8 Å². The van der Waals surface area contributed by atoms with Crippen molar-refractivity contribution < 1.29 is 32.0 Å². The molecule has 1 aliphatic rings. The van der Waals surface area contributed by atoms with Crippen molar-refractivity contribution in [1.29, 1.82) is 0 Å². The molecule has 202 valence electrons. The number of alkyl halides is 3. The number of hydrogen-bond donors (Lipinski definition) is 1. The normalized spacial score (nSPS) is 13.9. The summed E-state index contributed by atoms with van der Waals surface area (Å²) in [6, 6.07) is 11.4. The second kappa shape index (κ2) is 12.4. The van der Waals surface area contributed by atoms with Crippen molar-refractivity contribution in [3.63, 3.8) is 0 Å². The van der Waals surface area contributed by atoms with Crippen LogP contribution in [-0.2, 0) is 40.0 Å². The number of anilines is 1. The van der Waals surface area contributed by atoms with Crippen LogP contribution in [0, 0.1) is 0 Å². The Morgan fingerprint density at radius 1 is 1.13 bits per heavy atom. The number of halogens is 3. The molecule has 2 aromatic heterocycles. The monoisotopic (exact) mass is 548 g/mol. The Morgan fingerprint density at radius 3 is 2.66 bits per heavy atom. The SMILES string of the molecule is CSc1ccc(C(CC(=O)OC(=O)C(F)(F)F)Cc2nc(CCCc3ccc4c(n3)NCCC4)no2)cc1. The Bertz CT molecular complexity index is 1260. The number of nitrogens with one attached hydrogen (secondary N) is 1. The molecule has 4 rings (SSSR count). The van der Waals surface area contributed by atoms with E-state index in [1.54, 1.807) is 12.1 Å². The van der Waals surface area contributed by atoms with Crippen LogP contribution in [0.15, 0.2) is 45.8 Å². The molecule has 1 aromatic carbocycles. The summed E-state index contributed by atoms with van der Waals surface area (Å²) in [6.45, 7) is 0.925. The lowest BCUT2D eigenvalue weighted by molar-refractivity contribution is -0.202. The third-order valence-corrected chi connectivity index (χ3v) is 6.90. The predicted molar refractivity (Wildman–Crippen MR) is 134 cm³/mol. The van der Waals surface area contributed by atoms with Crippen LogP contribution < -0.4 is 5.32 Å². The first-order chi connectivity index (χ1) is 18.2. The third kappa shape index (κ3) is 7.56. The van der Waals surface area contributed by atoms with Crippen molar-refractivity contribution in [2.45, 2.75) is 61.9 Å². The summed E-state index contributed by atoms with van der Waals surface area (Å²) in [6.07, 6.45) is 0.451. The van der Waals surface area contributed by atoms with Crippen molar-refractivity contribution in [2.75, 3.05) is 18.1 Å². The quantitative estimate of drug-likeness (QED) is 0.211. The molecule has 0 saturated carbocycles. The van der Waals surface area contributed by atoms with Gasteiger partial charge in [-0.1, -0.05) is 23.4 Å². The number of carbonyl (C=O) groups excluding carboxylic acids is 2. The van der Waals surface area contributed by atoms with Gasteiger partial charge < -0.3 is 14.6 Å². The number of thioether (sulfide) groups is 1. The van der Waals surface area contributed by atoms with Gasteiger partial charge in [-0.3, -0.25) is 4.79 Å². The first-order valence-corrected chi connectivity index (χ1v) is 13.4. The Balaban J connectivity index is 1.37. The maximum atomic E-state index is 12.5. The van der Waals surface area contributed by atoms with Crippen molar-refractivity contribution >= 4 is 29.5 Å². The molecule has 0 saturated heterocycles. The fourth-order valence-corrected chi connectivity index (χ4v) is 4.62. The average Bonchev–Trinajstić information content (AvgIpc) is 3.34. The summed E-state index contributed by atoms with van der Waals surface area (Å²) < 4.78 is 46.9. The van der Waals surface area contributed by atoms with Gasteiger partial charge in [0, 0.05) is 35.9 Å². The van der Waals surface area contributed by atoms with Crippen molar-refractivity contribution in [3.05, 3.63) is 64.9 Å². The number of nitrogens with zero attached hydrogens (tertiary/aromatic N) is 3. The topological polar surface area (TPSA) is 107 Å². The van der Waals surface area contributed by atoms with Gasteiger partial charge >= 0.3 is 18.1 Å². The summed E-state index contributed by atoms with van der Waals surface area (Å²) in [4.78, 5) is 33.3. The van der Waals surface area contributed by atoms with E-state index in [2.05, 4.69) is 31.2 Å². The van der Waals surface area contributed by atoms with Gasteiger partial charge in [0.15, 0.2) is 5.82 Å². The van der Waals surface area contributed by atoms with Gasteiger partial charge in [0.25, 0.3) is 0 Å². The maximum Gasteiger partial charge on any atom is 0.491 e. The van der Waals surface area contributed by atoms with Gasteiger partial charge in [-0.2, -0.15) is 18.2 Å². The number of aromatic nitrogens is 3. The van der Waals surface area contributed by atoms with Crippen LogP contribution in [-0.4, -0.2) is 46.0 Å². The molecule has 1 unspecified atom stereocenters. The lowest BCUT2D eigenvalue weighted by Gasteiger charge is -2.17. The van der Waals surface area contributed by atoms with Crippen LogP contribution >= 0.6 is 11.8 Å². The highest BCUT2D eigenvalue weighted by Gasteiger charge is 2.42. The first kappa shape index (κ1) is 27.6. The van der Waals surface area contributed by atoms with E-state index in [1.807, 2.05) is 24.5 Å². The lowest BCUT2D eigenvalue weighted by Crippen LogP contribution is -2.28. The summed E-state index contributed by atoms with van der Waals surface area (Å²) in [7, 11) is 0. The van der Waals surface area contributed by atoms with E-state index in [-0.39, 0.29) is 12.3 Å². The summed E-state index contributed by atoms with van der Waals surface area (Å²) in [5.41, 5.74) is 2.88. The summed E-state index contributed by atoms with van der Waals surface area (Å²) >= 11 is 1.52.